The van der Waals surface area contributed by atoms with Gasteiger partial charge in [-0.2, -0.15) is 0 Å². The van der Waals surface area contributed by atoms with Crippen LogP contribution in [0.4, 0.5) is 9.52 Å². The largest absolute Gasteiger partial charge is 0.481 e. The lowest BCUT2D eigenvalue weighted by molar-refractivity contribution is -0.122. The van der Waals surface area contributed by atoms with E-state index < -0.39 is 6.10 Å². The Hall–Kier alpha value is -2.25. The number of aryl methyl sites for hydroxylation is 1. The van der Waals surface area contributed by atoms with Crippen molar-refractivity contribution in [3.05, 3.63) is 63.7 Å². The van der Waals surface area contributed by atoms with Crippen LogP contribution in [0.15, 0.2) is 53.0 Å². The van der Waals surface area contributed by atoms with E-state index in [1.807, 2.05) is 19.1 Å². The van der Waals surface area contributed by atoms with E-state index in [1.165, 1.54) is 23.5 Å². The number of hydrogen-bond acceptors (Lipinski definition) is 4. The number of hydrogen-bond donors (Lipinski definition) is 1. The summed E-state index contributed by atoms with van der Waals surface area (Å²) in [5.41, 5.74) is 1.53. The SMILES string of the molecule is Cc1sc(NC(=O)C(C)Oc2cccc(Br)c2)nc1-c1ccc(F)cc1. The third-order valence-electron chi connectivity index (χ3n) is 3.62. The number of amides is 1. The fourth-order valence-electron chi connectivity index (χ4n) is 2.33. The number of nitrogens with zero attached hydrogens (tertiary/aromatic N) is 1. The van der Waals surface area contributed by atoms with Gasteiger partial charge in [-0.1, -0.05) is 22.0 Å². The molecule has 26 heavy (non-hydrogen) atoms. The fraction of sp³-hybridized carbons (Fsp3) is 0.158. The van der Waals surface area contributed by atoms with E-state index in [9.17, 15) is 9.18 Å². The summed E-state index contributed by atoms with van der Waals surface area (Å²) in [7, 11) is 0. The zero-order valence-electron chi connectivity index (χ0n) is 14.1. The standard InChI is InChI=1S/C19H16BrFN2O2S/c1-11(25-16-5-3-4-14(20)10-16)18(24)23-19-22-17(12(2)26-19)13-6-8-15(21)9-7-13/h3-11H,1-2H3,(H,22,23,24). The Kier molecular flexibility index (Phi) is 5.68. The molecule has 0 bridgehead atoms. The summed E-state index contributed by atoms with van der Waals surface area (Å²) < 4.78 is 19.6. The minimum Gasteiger partial charge on any atom is -0.481 e. The van der Waals surface area contributed by atoms with Crippen molar-refractivity contribution in [1.29, 1.82) is 0 Å². The number of carbonyl (C=O) groups excluding carboxylic acids is 1. The fourth-order valence-corrected chi connectivity index (χ4v) is 3.55. The van der Waals surface area contributed by atoms with Gasteiger partial charge in [-0.05, 0) is 56.3 Å². The van der Waals surface area contributed by atoms with Gasteiger partial charge in [0.15, 0.2) is 11.2 Å². The van der Waals surface area contributed by atoms with Gasteiger partial charge in [-0.15, -0.1) is 11.3 Å². The van der Waals surface area contributed by atoms with E-state index in [1.54, 1.807) is 31.2 Å². The first-order valence-corrected chi connectivity index (χ1v) is 9.50. The molecule has 1 unspecified atom stereocenters. The topological polar surface area (TPSA) is 51.2 Å². The smallest absolute Gasteiger partial charge is 0.266 e. The van der Waals surface area contributed by atoms with Crippen LogP contribution in [0.1, 0.15) is 11.8 Å². The molecule has 0 aliphatic rings. The first-order valence-electron chi connectivity index (χ1n) is 7.89. The molecular formula is C19H16BrFN2O2S. The zero-order valence-corrected chi connectivity index (χ0v) is 16.5. The van der Waals surface area contributed by atoms with Crippen LogP contribution in [-0.2, 0) is 4.79 Å². The second-order valence-electron chi connectivity index (χ2n) is 5.64. The zero-order chi connectivity index (χ0) is 18.7. The number of aromatic nitrogens is 1. The number of anilines is 1. The molecule has 3 aromatic rings. The minimum atomic E-state index is -0.678. The second-order valence-corrected chi connectivity index (χ2v) is 7.76. The van der Waals surface area contributed by atoms with Crippen LogP contribution in [0.25, 0.3) is 11.3 Å². The van der Waals surface area contributed by atoms with Crippen molar-refractivity contribution in [3.8, 4) is 17.0 Å². The van der Waals surface area contributed by atoms with Crippen molar-refractivity contribution in [1.82, 2.24) is 4.98 Å². The summed E-state index contributed by atoms with van der Waals surface area (Å²) in [6, 6.07) is 13.4. The lowest BCUT2D eigenvalue weighted by Crippen LogP contribution is -2.30. The van der Waals surface area contributed by atoms with E-state index >= 15 is 0 Å². The average molecular weight is 435 g/mol. The van der Waals surface area contributed by atoms with Crippen LogP contribution in [-0.4, -0.2) is 17.0 Å². The van der Waals surface area contributed by atoms with E-state index in [4.69, 9.17) is 4.74 Å². The highest BCUT2D eigenvalue weighted by Gasteiger charge is 2.18. The van der Waals surface area contributed by atoms with Crippen LogP contribution in [0.5, 0.6) is 5.75 Å². The average Bonchev–Trinajstić information content (AvgIpc) is 2.96. The Morgan fingerprint density at radius 2 is 2.00 bits per heavy atom. The van der Waals surface area contributed by atoms with Crippen molar-refractivity contribution >= 4 is 38.3 Å². The van der Waals surface area contributed by atoms with E-state index in [0.717, 1.165) is 20.6 Å². The Balaban J connectivity index is 1.69. The number of rotatable bonds is 5. The van der Waals surface area contributed by atoms with Crippen LogP contribution in [0.2, 0.25) is 0 Å². The molecule has 134 valence electrons. The molecule has 1 amide bonds. The molecule has 7 heteroatoms. The van der Waals surface area contributed by atoms with Gasteiger partial charge in [0.2, 0.25) is 0 Å². The molecule has 3 rings (SSSR count). The number of thiazole rings is 1. The highest BCUT2D eigenvalue weighted by molar-refractivity contribution is 9.10. The first-order chi connectivity index (χ1) is 12.4. The molecule has 1 N–H and O–H groups in total. The highest BCUT2D eigenvalue weighted by atomic mass is 79.9. The predicted octanol–water partition coefficient (Wildman–Crippen LogP) is 5.43. The minimum absolute atomic E-state index is 0.288. The summed E-state index contributed by atoms with van der Waals surface area (Å²) in [5, 5.41) is 3.26. The lowest BCUT2D eigenvalue weighted by Gasteiger charge is -2.13. The molecule has 0 saturated heterocycles. The van der Waals surface area contributed by atoms with Crippen molar-refractivity contribution in [2.75, 3.05) is 5.32 Å². The molecule has 0 radical (unpaired) electrons. The van der Waals surface area contributed by atoms with Gasteiger partial charge in [-0.3, -0.25) is 10.1 Å². The summed E-state index contributed by atoms with van der Waals surface area (Å²) in [4.78, 5) is 17.8. The van der Waals surface area contributed by atoms with Crippen LogP contribution < -0.4 is 10.1 Å². The molecule has 0 fully saturated rings. The van der Waals surface area contributed by atoms with Crippen molar-refractivity contribution in [3.63, 3.8) is 0 Å². The molecule has 0 aliphatic carbocycles. The molecule has 4 nitrogen and oxygen atoms in total. The van der Waals surface area contributed by atoms with Crippen LogP contribution in [0, 0.1) is 12.7 Å². The molecule has 0 spiro atoms. The molecule has 1 aromatic heterocycles. The third kappa shape index (κ3) is 4.47. The number of ether oxygens (including phenoxy) is 1. The highest BCUT2D eigenvalue weighted by Crippen LogP contribution is 2.30. The summed E-state index contributed by atoms with van der Waals surface area (Å²) in [5.74, 6) is 0.0161. The molecule has 0 saturated carbocycles. The van der Waals surface area contributed by atoms with Crippen LogP contribution >= 0.6 is 27.3 Å². The molecular weight excluding hydrogens is 419 g/mol. The van der Waals surface area contributed by atoms with Gasteiger partial charge in [0.25, 0.3) is 5.91 Å². The monoisotopic (exact) mass is 434 g/mol. The van der Waals surface area contributed by atoms with Crippen molar-refractivity contribution < 1.29 is 13.9 Å². The Morgan fingerprint density at radius 3 is 2.69 bits per heavy atom. The quantitative estimate of drug-likeness (QED) is 0.582. The summed E-state index contributed by atoms with van der Waals surface area (Å²) >= 11 is 4.74. The molecule has 2 aromatic carbocycles. The maximum absolute atomic E-state index is 13.1. The summed E-state index contributed by atoms with van der Waals surface area (Å²) in [6.07, 6.45) is -0.678. The maximum atomic E-state index is 13.1. The van der Waals surface area contributed by atoms with E-state index in [-0.39, 0.29) is 11.7 Å². The van der Waals surface area contributed by atoms with Gasteiger partial charge in [-0.25, -0.2) is 9.37 Å². The Bertz CT molecular complexity index is 928. The van der Waals surface area contributed by atoms with E-state index in [0.29, 0.717) is 10.9 Å². The Labute approximate surface area is 163 Å². The first kappa shape index (κ1) is 18.5. The lowest BCUT2D eigenvalue weighted by atomic mass is 10.1. The molecule has 1 atom stereocenters. The number of benzene rings is 2. The number of halogens is 2. The van der Waals surface area contributed by atoms with Crippen molar-refractivity contribution in [2.45, 2.75) is 20.0 Å². The Morgan fingerprint density at radius 1 is 1.27 bits per heavy atom. The summed E-state index contributed by atoms with van der Waals surface area (Å²) in [6.45, 7) is 3.59. The normalized spacial score (nSPS) is 11.8. The third-order valence-corrected chi connectivity index (χ3v) is 5.00. The van der Waals surface area contributed by atoms with Gasteiger partial charge < -0.3 is 4.74 Å². The number of nitrogens with one attached hydrogen (secondary N) is 1. The van der Waals surface area contributed by atoms with E-state index in [2.05, 4.69) is 26.2 Å². The molecule has 0 aliphatic heterocycles. The predicted molar refractivity (Wildman–Crippen MR) is 105 cm³/mol. The second kappa shape index (κ2) is 7.97. The van der Waals surface area contributed by atoms with Gasteiger partial charge >= 0.3 is 0 Å². The molecule has 1 heterocycles. The number of carbonyl (C=O) groups is 1. The maximum Gasteiger partial charge on any atom is 0.266 e. The van der Waals surface area contributed by atoms with Gasteiger partial charge in [0, 0.05) is 14.9 Å². The van der Waals surface area contributed by atoms with Gasteiger partial charge in [0.05, 0.1) is 5.69 Å². The van der Waals surface area contributed by atoms with Crippen molar-refractivity contribution in [2.24, 2.45) is 0 Å². The van der Waals surface area contributed by atoms with Gasteiger partial charge in [0.1, 0.15) is 11.6 Å². The van der Waals surface area contributed by atoms with Crippen LogP contribution in [0.3, 0.4) is 0 Å².